The maximum absolute atomic E-state index is 13.2. The normalized spacial score (nSPS) is 13.6. The van der Waals surface area contributed by atoms with Gasteiger partial charge in [-0.15, -0.1) is 0 Å². The van der Waals surface area contributed by atoms with E-state index in [1.165, 1.54) is 18.0 Å². The molecule has 0 aliphatic rings. The molecule has 0 radical (unpaired) electrons. The maximum Gasteiger partial charge on any atom is 0.409 e. The summed E-state index contributed by atoms with van der Waals surface area (Å²) >= 11 is 0. The van der Waals surface area contributed by atoms with Gasteiger partial charge in [0.25, 0.3) is 0 Å². The number of aromatic nitrogens is 2. The lowest BCUT2D eigenvalue weighted by atomic mass is 10.1. The van der Waals surface area contributed by atoms with Gasteiger partial charge in [0.15, 0.2) is 5.75 Å². The lowest BCUT2D eigenvalue weighted by molar-refractivity contribution is -0.159. The summed E-state index contributed by atoms with van der Waals surface area (Å²) in [6.45, 7) is 4.42. The van der Waals surface area contributed by atoms with Gasteiger partial charge >= 0.3 is 6.18 Å². The summed E-state index contributed by atoms with van der Waals surface area (Å²) in [5.74, 6) is 0.166. The predicted octanol–water partition coefficient (Wildman–Crippen LogP) is 2.90. The molecule has 0 aromatic carbocycles. The summed E-state index contributed by atoms with van der Waals surface area (Å²) in [5, 5.41) is 6.49. The average Bonchev–Trinajstić information content (AvgIpc) is 2.72. The number of hydrogen-bond acceptors (Lipinski definition) is 3. The molecule has 110 valence electrons. The van der Waals surface area contributed by atoms with E-state index in [9.17, 15) is 13.2 Å². The van der Waals surface area contributed by atoms with E-state index in [2.05, 4.69) is 10.4 Å². The van der Waals surface area contributed by atoms with Gasteiger partial charge in [-0.1, -0.05) is 13.8 Å². The average molecular weight is 279 g/mol. The molecule has 0 saturated heterocycles. The van der Waals surface area contributed by atoms with Crippen LogP contribution in [0, 0.1) is 0 Å². The van der Waals surface area contributed by atoms with Crippen molar-refractivity contribution in [2.24, 2.45) is 0 Å². The van der Waals surface area contributed by atoms with E-state index in [0.29, 0.717) is 19.4 Å². The van der Waals surface area contributed by atoms with Crippen molar-refractivity contribution in [3.63, 3.8) is 0 Å². The van der Waals surface area contributed by atoms with Crippen LogP contribution in [0.25, 0.3) is 0 Å². The topological polar surface area (TPSA) is 39.1 Å². The van der Waals surface area contributed by atoms with E-state index >= 15 is 0 Å². The molecule has 1 atom stereocenters. The number of aryl methyl sites for hydroxylation is 1. The van der Waals surface area contributed by atoms with E-state index in [-0.39, 0.29) is 18.0 Å². The summed E-state index contributed by atoms with van der Waals surface area (Å²) < 4.78 is 45.9. The number of halogens is 3. The van der Waals surface area contributed by atoms with Crippen LogP contribution in [0.3, 0.4) is 0 Å². The predicted molar refractivity (Wildman–Crippen MR) is 66.2 cm³/mol. The largest absolute Gasteiger partial charge is 0.493 e. The second-order valence-electron chi connectivity index (χ2n) is 4.25. The minimum absolute atomic E-state index is 0.0466. The van der Waals surface area contributed by atoms with Gasteiger partial charge in [-0.25, -0.2) is 0 Å². The van der Waals surface area contributed by atoms with Gasteiger partial charge in [-0.3, -0.25) is 4.68 Å². The Bertz CT molecular complexity index is 390. The van der Waals surface area contributed by atoms with Crippen molar-refractivity contribution in [1.82, 2.24) is 15.1 Å². The first-order valence-corrected chi connectivity index (χ1v) is 6.35. The van der Waals surface area contributed by atoms with Gasteiger partial charge in [-0.05, 0) is 19.4 Å². The monoisotopic (exact) mass is 279 g/mol. The summed E-state index contributed by atoms with van der Waals surface area (Å²) in [6.07, 6.45) is -1.72. The molecule has 7 heteroatoms. The molecule has 0 bridgehead atoms. The van der Waals surface area contributed by atoms with Crippen LogP contribution in [0.4, 0.5) is 13.2 Å². The number of ether oxygens (including phenoxy) is 1. The number of methoxy groups -OCH3 is 1. The molecule has 0 aliphatic heterocycles. The van der Waals surface area contributed by atoms with Crippen LogP contribution in [-0.4, -0.2) is 29.6 Å². The number of nitrogens with zero attached hydrogens (tertiary/aromatic N) is 2. The van der Waals surface area contributed by atoms with Crippen LogP contribution < -0.4 is 10.1 Å². The molecule has 4 nitrogen and oxygen atoms in total. The van der Waals surface area contributed by atoms with Crippen LogP contribution in [0.5, 0.6) is 5.75 Å². The highest BCUT2D eigenvalue weighted by Gasteiger charge is 2.44. The van der Waals surface area contributed by atoms with Crippen molar-refractivity contribution in [2.75, 3.05) is 13.7 Å². The van der Waals surface area contributed by atoms with Crippen molar-refractivity contribution in [1.29, 1.82) is 0 Å². The lowest BCUT2D eigenvalue weighted by Crippen LogP contribution is -2.36. The standard InChI is InChI=1S/C12H20F3N3O/c1-4-6-16-11(12(13,14)15)10-9(19-3)8-17-18(10)7-5-2/h8,11,16H,4-7H2,1-3H3. The molecule has 1 N–H and O–H groups in total. The van der Waals surface area contributed by atoms with Crippen molar-refractivity contribution in [3.8, 4) is 5.75 Å². The molecule has 19 heavy (non-hydrogen) atoms. The van der Waals surface area contributed by atoms with Gasteiger partial charge < -0.3 is 10.1 Å². The Morgan fingerprint density at radius 1 is 1.37 bits per heavy atom. The first kappa shape index (κ1) is 15.8. The molecule has 1 heterocycles. The first-order valence-electron chi connectivity index (χ1n) is 6.35. The minimum Gasteiger partial charge on any atom is -0.493 e. The molecule has 1 aromatic heterocycles. The van der Waals surface area contributed by atoms with E-state index in [4.69, 9.17) is 4.74 Å². The van der Waals surface area contributed by atoms with Crippen molar-refractivity contribution in [2.45, 2.75) is 45.5 Å². The Morgan fingerprint density at radius 2 is 2.05 bits per heavy atom. The zero-order valence-electron chi connectivity index (χ0n) is 11.4. The van der Waals surface area contributed by atoms with Crippen molar-refractivity contribution < 1.29 is 17.9 Å². The summed E-state index contributed by atoms with van der Waals surface area (Å²) in [4.78, 5) is 0. The van der Waals surface area contributed by atoms with Crippen molar-refractivity contribution in [3.05, 3.63) is 11.9 Å². The molecule has 0 spiro atoms. The van der Waals surface area contributed by atoms with Gasteiger partial charge in [0.1, 0.15) is 11.7 Å². The molecular weight excluding hydrogens is 259 g/mol. The Kier molecular flexibility index (Phi) is 5.65. The second kappa shape index (κ2) is 6.79. The Labute approximate surface area is 110 Å². The molecule has 0 aliphatic carbocycles. The van der Waals surface area contributed by atoms with Crippen LogP contribution in [-0.2, 0) is 6.54 Å². The number of alkyl halides is 3. The summed E-state index contributed by atoms with van der Waals surface area (Å²) in [5.41, 5.74) is 0.0466. The third kappa shape index (κ3) is 3.86. The third-order valence-corrected chi connectivity index (χ3v) is 2.70. The highest BCUT2D eigenvalue weighted by Crippen LogP contribution is 2.37. The molecule has 1 aromatic rings. The van der Waals surface area contributed by atoms with E-state index in [1.54, 1.807) is 0 Å². The summed E-state index contributed by atoms with van der Waals surface area (Å²) in [7, 11) is 1.35. The Morgan fingerprint density at radius 3 is 2.53 bits per heavy atom. The lowest BCUT2D eigenvalue weighted by Gasteiger charge is -2.23. The molecule has 1 rings (SSSR count). The van der Waals surface area contributed by atoms with Gasteiger partial charge in [0, 0.05) is 6.54 Å². The SMILES string of the molecule is CCCNC(c1c(OC)cnn1CCC)C(F)(F)F. The number of hydrogen-bond donors (Lipinski definition) is 1. The van der Waals surface area contributed by atoms with Crippen LogP contribution in [0.1, 0.15) is 38.4 Å². The maximum atomic E-state index is 13.2. The van der Waals surface area contributed by atoms with Gasteiger partial charge in [-0.2, -0.15) is 18.3 Å². The smallest absolute Gasteiger partial charge is 0.409 e. The highest BCUT2D eigenvalue weighted by molar-refractivity contribution is 5.29. The van der Waals surface area contributed by atoms with E-state index in [0.717, 1.165) is 0 Å². The molecule has 0 amide bonds. The van der Waals surface area contributed by atoms with Gasteiger partial charge in [0.2, 0.25) is 0 Å². The zero-order chi connectivity index (χ0) is 14.5. The van der Waals surface area contributed by atoms with E-state index in [1.807, 2.05) is 13.8 Å². The van der Waals surface area contributed by atoms with Crippen molar-refractivity contribution >= 4 is 0 Å². The molecule has 1 unspecified atom stereocenters. The first-order chi connectivity index (χ1) is 8.95. The molecule has 0 saturated carbocycles. The second-order valence-corrected chi connectivity index (χ2v) is 4.25. The van der Waals surface area contributed by atoms with E-state index < -0.39 is 12.2 Å². The van der Waals surface area contributed by atoms with Crippen LogP contribution in [0.15, 0.2) is 6.20 Å². The highest BCUT2D eigenvalue weighted by atomic mass is 19.4. The van der Waals surface area contributed by atoms with Crippen LogP contribution in [0.2, 0.25) is 0 Å². The quantitative estimate of drug-likeness (QED) is 0.834. The fraction of sp³-hybridized carbons (Fsp3) is 0.750. The van der Waals surface area contributed by atoms with Crippen LogP contribution >= 0.6 is 0 Å². The number of nitrogens with one attached hydrogen (secondary N) is 1. The summed E-state index contributed by atoms with van der Waals surface area (Å²) in [6, 6.07) is -1.75. The fourth-order valence-corrected chi connectivity index (χ4v) is 1.87. The zero-order valence-corrected chi connectivity index (χ0v) is 11.4. The fourth-order valence-electron chi connectivity index (χ4n) is 1.87. The van der Waals surface area contributed by atoms with Gasteiger partial charge in [0.05, 0.1) is 13.3 Å². The number of rotatable bonds is 7. The third-order valence-electron chi connectivity index (χ3n) is 2.70. The Balaban J connectivity index is 3.15. The molecular formula is C12H20F3N3O. The minimum atomic E-state index is -4.38. The Hall–Kier alpha value is -1.24. The molecule has 0 fully saturated rings.